The summed E-state index contributed by atoms with van der Waals surface area (Å²) >= 11 is 0. The number of carbonyl (C=O) groups excluding carboxylic acids is 1. The van der Waals surface area contributed by atoms with Gasteiger partial charge in [0.15, 0.2) is 11.5 Å². The lowest BCUT2D eigenvalue weighted by Gasteiger charge is -2.44. The van der Waals surface area contributed by atoms with Gasteiger partial charge in [0, 0.05) is 6.54 Å². The SMILES string of the molecule is CC1(C)Cc2cc(-c3ccc4c(c3)OC(F)(F)O4)ccc2C1NC(=O)O[C@@H]1CN2CCC1CC2. The standard InChI is InChI=1S/C26H28F2N2O4/c1-25(2)13-18-11-16(17-4-6-20-21(12-17)34-26(27,28)33-20)3-5-19(18)23(25)29-24(31)32-22-14-30-9-7-15(22)8-10-30/h3-6,11-12,15,22-23H,7-10,13-14H2,1-2H3,(H,29,31)/t22-,23?/m1/s1. The molecule has 3 saturated heterocycles. The first kappa shape index (κ1) is 21.6. The lowest BCUT2D eigenvalue weighted by Crippen LogP contribution is -2.53. The fourth-order valence-electron chi connectivity index (χ4n) is 5.97. The van der Waals surface area contributed by atoms with E-state index in [9.17, 15) is 13.6 Å². The zero-order chi connectivity index (χ0) is 23.7. The Kier molecular flexibility index (Phi) is 4.82. The lowest BCUT2D eigenvalue weighted by atomic mass is 9.85. The predicted octanol–water partition coefficient (Wildman–Crippen LogP) is 5.12. The number of benzene rings is 2. The Hall–Kier alpha value is -2.87. The second kappa shape index (κ2) is 7.57. The van der Waals surface area contributed by atoms with Crippen LogP contribution >= 0.6 is 0 Å². The zero-order valence-corrected chi connectivity index (χ0v) is 19.3. The summed E-state index contributed by atoms with van der Waals surface area (Å²) in [7, 11) is 0. The highest BCUT2D eigenvalue weighted by Crippen LogP contribution is 2.47. The highest BCUT2D eigenvalue weighted by molar-refractivity contribution is 5.71. The van der Waals surface area contributed by atoms with E-state index in [1.54, 1.807) is 12.1 Å². The lowest BCUT2D eigenvalue weighted by molar-refractivity contribution is -0.286. The minimum Gasteiger partial charge on any atom is -0.445 e. The van der Waals surface area contributed by atoms with Crippen LogP contribution in [0.1, 0.15) is 43.9 Å². The Balaban J connectivity index is 1.20. The average Bonchev–Trinajstić information content (AvgIpc) is 3.23. The summed E-state index contributed by atoms with van der Waals surface area (Å²) < 4.78 is 41.7. The van der Waals surface area contributed by atoms with Gasteiger partial charge in [0.25, 0.3) is 0 Å². The molecule has 4 aliphatic heterocycles. The van der Waals surface area contributed by atoms with Crippen LogP contribution in [-0.2, 0) is 11.2 Å². The van der Waals surface area contributed by atoms with Gasteiger partial charge < -0.3 is 19.5 Å². The number of halogens is 2. The molecule has 6 nitrogen and oxygen atoms in total. The number of piperidine rings is 3. The number of amides is 1. The second-order valence-corrected chi connectivity index (χ2v) is 10.6. The molecule has 0 radical (unpaired) electrons. The summed E-state index contributed by atoms with van der Waals surface area (Å²) in [5, 5.41) is 3.13. The summed E-state index contributed by atoms with van der Waals surface area (Å²) in [6.45, 7) is 7.29. The number of ether oxygens (including phenoxy) is 3. The van der Waals surface area contributed by atoms with E-state index in [2.05, 4.69) is 39.6 Å². The number of hydrogen-bond donors (Lipinski definition) is 1. The van der Waals surface area contributed by atoms with Crippen LogP contribution in [0, 0.1) is 11.3 Å². The van der Waals surface area contributed by atoms with Crippen molar-refractivity contribution in [2.75, 3.05) is 19.6 Å². The van der Waals surface area contributed by atoms with Crippen LogP contribution in [0.25, 0.3) is 11.1 Å². The Morgan fingerprint density at radius 3 is 2.50 bits per heavy atom. The van der Waals surface area contributed by atoms with Crippen molar-refractivity contribution in [2.45, 2.75) is 51.6 Å². The van der Waals surface area contributed by atoms with Crippen LogP contribution in [-0.4, -0.2) is 43.0 Å². The second-order valence-electron chi connectivity index (χ2n) is 10.6. The molecule has 2 bridgehead atoms. The number of hydrogen-bond acceptors (Lipinski definition) is 5. The molecule has 7 rings (SSSR count). The normalized spacial score (nSPS) is 29.5. The number of fused-ring (bicyclic) bond motifs is 5. The molecule has 5 aliphatic rings. The van der Waals surface area contributed by atoms with E-state index in [0.717, 1.165) is 61.2 Å². The first-order valence-corrected chi connectivity index (χ1v) is 11.9. The van der Waals surface area contributed by atoms with E-state index in [1.807, 2.05) is 12.1 Å². The fourth-order valence-corrected chi connectivity index (χ4v) is 5.97. The third-order valence-corrected chi connectivity index (χ3v) is 7.73. The molecule has 34 heavy (non-hydrogen) atoms. The molecule has 0 aromatic heterocycles. The Labute approximate surface area is 197 Å². The third-order valence-electron chi connectivity index (χ3n) is 7.73. The monoisotopic (exact) mass is 470 g/mol. The molecule has 4 heterocycles. The molecule has 0 spiro atoms. The summed E-state index contributed by atoms with van der Waals surface area (Å²) in [5.74, 6) is 0.518. The van der Waals surface area contributed by atoms with E-state index in [0.29, 0.717) is 5.92 Å². The van der Waals surface area contributed by atoms with Crippen LogP contribution in [0.2, 0.25) is 0 Å². The molecule has 180 valence electrons. The van der Waals surface area contributed by atoms with E-state index < -0.39 is 6.29 Å². The summed E-state index contributed by atoms with van der Waals surface area (Å²) in [5.41, 5.74) is 3.66. The topological polar surface area (TPSA) is 60.0 Å². The maximum Gasteiger partial charge on any atom is 0.586 e. The van der Waals surface area contributed by atoms with Crippen molar-refractivity contribution in [3.63, 3.8) is 0 Å². The van der Waals surface area contributed by atoms with Crippen LogP contribution in [0.3, 0.4) is 0 Å². The molecule has 1 aliphatic carbocycles. The maximum atomic E-state index is 13.4. The fraction of sp³-hybridized carbons (Fsp3) is 0.500. The van der Waals surface area contributed by atoms with E-state index in [1.165, 1.54) is 6.07 Å². The predicted molar refractivity (Wildman–Crippen MR) is 121 cm³/mol. The minimum atomic E-state index is -3.63. The molecule has 2 aromatic carbocycles. The minimum absolute atomic E-state index is 0.0263. The molecular formula is C26H28F2N2O4. The van der Waals surface area contributed by atoms with Crippen LogP contribution in [0.4, 0.5) is 13.6 Å². The van der Waals surface area contributed by atoms with Gasteiger partial charge in [-0.15, -0.1) is 8.78 Å². The number of nitrogens with zero attached hydrogens (tertiary/aromatic N) is 1. The van der Waals surface area contributed by atoms with Gasteiger partial charge >= 0.3 is 12.4 Å². The summed E-state index contributed by atoms with van der Waals surface area (Å²) in [6, 6.07) is 10.7. The number of rotatable bonds is 3. The molecule has 1 N–H and O–H groups in total. The molecule has 0 saturated carbocycles. The van der Waals surface area contributed by atoms with Crippen molar-refractivity contribution in [3.05, 3.63) is 47.5 Å². The van der Waals surface area contributed by atoms with Gasteiger partial charge in [0.1, 0.15) is 6.10 Å². The van der Waals surface area contributed by atoms with E-state index >= 15 is 0 Å². The van der Waals surface area contributed by atoms with E-state index in [4.69, 9.17) is 4.74 Å². The van der Waals surface area contributed by atoms with Crippen molar-refractivity contribution in [3.8, 4) is 22.6 Å². The van der Waals surface area contributed by atoms with Crippen LogP contribution < -0.4 is 14.8 Å². The van der Waals surface area contributed by atoms with Crippen molar-refractivity contribution >= 4 is 6.09 Å². The molecule has 2 aromatic rings. The average molecular weight is 471 g/mol. The quantitative estimate of drug-likeness (QED) is 0.675. The molecule has 1 amide bonds. The van der Waals surface area contributed by atoms with Crippen LogP contribution in [0.5, 0.6) is 11.5 Å². The van der Waals surface area contributed by atoms with E-state index in [-0.39, 0.29) is 35.2 Å². The van der Waals surface area contributed by atoms with Crippen molar-refractivity contribution in [1.82, 2.24) is 10.2 Å². The molecule has 2 atom stereocenters. The Morgan fingerprint density at radius 2 is 1.76 bits per heavy atom. The van der Waals surface area contributed by atoms with Gasteiger partial charge in [-0.2, -0.15) is 0 Å². The largest absolute Gasteiger partial charge is 0.586 e. The number of carbonyl (C=O) groups is 1. The van der Waals surface area contributed by atoms with Gasteiger partial charge in [-0.1, -0.05) is 38.1 Å². The zero-order valence-electron chi connectivity index (χ0n) is 19.3. The van der Waals surface area contributed by atoms with Gasteiger partial charge in [-0.25, -0.2) is 4.79 Å². The van der Waals surface area contributed by atoms with Crippen molar-refractivity contribution in [2.24, 2.45) is 11.3 Å². The third kappa shape index (κ3) is 3.78. The smallest absolute Gasteiger partial charge is 0.445 e. The maximum absolute atomic E-state index is 13.4. The highest BCUT2D eigenvalue weighted by atomic mass is 19.3. The molecule has 1 unspecified atom stereocenters. The molecule has 3 fully saturated rings. The van der Waals surface area contributed by atoms with Crippen LogP contribution in [0.15, 0.2) is 36.4 Å². The molecular weight excluding hydrogens is 442 g/mol. The first-order valence-electron chi connectivity index (χ1n) is 11.9. The van der Waals surface area contributed by atoms with Gasteiger partial charge in [-0.05, 0) is 78.1 Å². The molecule has 8 heteroatoms. The number of alkyl carbamates (subject to hydrolysis) is 1. The van der Waals surface area contributed by atoms with Crippen molar-refractivity contribution in [1.29, 1.82) is 0 Å². The number of nitrogens with one attached hydrogen (secondary N) is 1. The summed E-state index contributed by atoms with van der Waals surface area (Å²) in [6.07, 6.45) is -1.06. The Bertz CT molecular complexity index is 1140. The van der Waals surface area contributed by atoms with Gasteiger partial charge in [-0.3, -0.25) is 4.90 Å². The summed E-state index contributed by atoms with van der Waals surface area (Å²) in [4.78, 5) is 15.2. The highest BCUT2D eigenvalue weighted by Gasteiger charge is 2.44. The first-order chi connectivity index (χ1) is 16.2. The van der Waals surface area contributed by atoms with Gasteiger partial charge in [0.05, 0.1) is 6.04 Å². The Morgan fingerprint density at radius 1 is 1.06 bits per heavy atom. The van der Waals surface area contributed by atoms with Gasteiger partial charge in [0.2, 0.25) is 0 Å². The van der Waals surface area contributed by atoms with Crippen molar-refractivity contribution < 1.29 is 27.8 Å². The number of alkyl halides is 2.